The molecule has 0 aliphatic carbocycles. The Morgan fingerprint density at radius 3 is 2.33 bits per heavy atom. The number of halogens is 2. The molecule has 5 nitrogen and oxygen atoms in total. The molecule has 0 atom stereocenters. The molecule has 0 bridgehead atoms. The second-order valence-electron chi connectivity index (χ2n) is 6.98. The molecule has 0 aromatic carbocycles. The topological polar surface area (TPSA) is 44.3 Å². The van der Waals surface area contributed by atoms with Crippen LogP contribution in [0.2, 0.25) is 0 Å². The highest BCUT2D eigenvalue weighted by molar-refractivity contribution is 5.85. The third-order valence-electron chi connectivity index (χ3n) is 5.53. The van der Waals surface area contributed by atoms with E-state index in [1.54, 1.807) is 0 Å². The van der Waals surface area contributed by atoms with Crippen molar-refractivity contribution in [2.75, 3.05) is 44.7 Å². The highest BCUT2D eigenvalue weighted by Gasteiger charge is 2.39. The second kappa shape index (κ2) is 8.65. The summed E-state index contributed by atoms with van der Waals surface area (Å²) in [7, 11) is 2.30. The van der Waals surface area contributed by atoms with E-state index in [9.17, 15) is 0 Å². The first-order valence-corrected chi connectivity index (χ1v) is 8.51. The van der Waals surface area contributed by atoms with E-state index in [1.165, 1.54) is 31.4 Å². The second-order valence-corrected chi connectivity index (χ2v) is 6.98. The van der Waals surface area contributed by atoms with E-state index in [1.807, 2.05) is 6.92 Å². The number of nitrogens with zero attached hydrogens (tertiary/aromatic N) is 4. The SMILES string of the molecule is Cc1nc(C)c(C)c(N2CCCN(C)C3(CCNCC3)C2)n1.Cl.Cl. The zero-order valence-corrected chi connectivity index (χ0v) is 16.9. The van der Waals surface area contributed by atoms with Crippen molar-refractivity contribution >= 4 is 30.6 Å². The number of rotatable bonds is 1. The van der Waals surface area contributed by atoms with Gasteiger partial charge >= 0.3 is 0 Å². The van der Waals surface area contributed by atoms with Gasteiger partial charge in [-0.05, 0) is 60.2 Å². The summed E-state index contributed by atoms with van der Waals surface area (Å²) in [4.78, 5) is 14.4. The summed E-state index contributed by atoms with van der Waals surface area (Å²) in [6.45, 7) is 11.9. The monoisotopic (exact) mass is 375 g/mol. The molecular weight excluding hydrogens is 345 g/mol. The number of aryl methyl sites for hydroxylation is 2. The van der Waals surface area contributed by atoms with Crippen LogP contribution in [0.1, 0.15) is 36.3 Å². The molecular formula is C17H31Cl2N5. The van der Waals surface area contributed by atoms with Crippen molar-refractivity contribution in [1.82, 2.24) is 20.2 Å². The fourth-order valence-corrected chi connectivity index (χ4v) is 3.96. The zero-order chi connectivity index (χ0) is 15.7. The molecule has 7 heteroatoms. The molecule has 2 saturated heterocycles. The maximum Gasteiger partial charge on any atom is 0.135 e. The summed E-state index contributed by atoms with van der Waals surface area (Å²) in [5, 5.41) is 3.51. The largest absolute Gasteiger partial charge is 0.354 e. The van der Waals surface area contributed by atoms with Gasteiger partial charge in [-0.1, -0.05) is 0 Å². The minimum Gasteiger partial charge on any atom is -0.354 e. The molecule has 24 heavy (non-hydrogen) atoms. The number of hydrogen-bond acceptors (Lipinski definition) is 5. The Kier molecular flexibility index (Phi) is 7.73. The molecule has 1 N–H and O–H groups in total. The van der Waals surface area contributed by atoms with Crippen LogP contribution in [0.4, 0.5) is 5.82 Å². The summed E-state index contributed by atoms with van der Waals surface area (Å²) in [6, 6.07) is 0. The Labute approximate surface area is 158 Å². The number of aromatic nitrogens is 2. The fraction of sp³-hybridized carbons (Fsp3) is 0.765. The van der Waals surface area contributed by atoms with E-state index in [4.69, 9.17) is 4.98 Å². The van der Waals surface area contributed by atoms with Crippen molar-refractivity contribution in [3.05, 3.63) is 17.1 Å². The Balaban J connectivity index is 0.00000144. The lowest BCUT2D eigenvalue weighted by atomic mass is 9.86. The number of nitrogens with one attached hydrogen (secondary N) is 1. The predicted octanol–water partition coefficient (Wildman–Crippen LogP) is 2.51. The average Bonchev–Trinajstić information content (AvgIpc) is 2.64. The van der Waals surface area contributed by atoms with Crippen molar-refractivity contribution < 1.29 is 0 Å². The Morgan fingerprint density at radius 1 is 1.00 bits per heavy atom. The molecule has 138 valence electrons. The quantitative estimate of drug-likeness (QED) is 0.816. The van der Waals surface area contributed by atoms with Crippen LogP contribution >= 0.6 is 24.8 Å². The van der Waals surface area contributed by atoms with Crippen LogP contribution in [0.15, 0.2) is 0 Å². The molecule has 3 heterocycles. The lowest BCUT2D eigenvalue weighted by Crippen LogP contribution is -2.57. The van der Waals surface area contributed by atoms with Crippen molar-refractivity contribution in [3.8, 4) is 0 Å². The standard InChI is InChI=1S/C17H29N5.2ClH/c1-13-14(2)19-15(3)20-16(13)22-11-5-10-21(4)17(12-22)6-8-18-9-7-17;;/h18H,5-12H2,1-4H3;2*1H. The maximum absolute atomic E-state index is 4.78. The van der Waals surface area contributed by atoms with E-state index in [0.717, 1.165) is 43.5 Å². The zero-order valence-electron chi connectivity index (χ0n) is 15.3. The van der Waals surface area contributed by atoms with Crippen LogP contribution in [-0.4, -0.2) is 60.2 Å². The van der Waals surface area contributed by atoms with E-state index in [2.05, 4.69) is 41.0 Å². The predicted molar refractivity (Wildman–Crippen MR) is 105 cm³/mol. The summed E-state index contributed by atoms with van der Waals surface area (Å²) in [6.07, 6.45) is 3.65. The maximum atomic E-state index is 4.78. The van der Waals surface area contributed by atoms with Crippen LogP contribution in [0.5, 0.6) is 0 Å². The fourth-order valence-electron chi connectivity index (χ4n) is 3.96. The van der Waals surface area contributed by atoms with Gasteiger partial charge in [0.25, 0.3) is 0 Å². The van der Waals surface area contributed by atoms with Gasteiger partial charge in [0, 0.05) is 36.4 Å². The number of likely N-dealkylation sites (N-methyl/N-ethyl adjacent to an activating group) is 1. The molecule has 0 saturated carbocycles. The lowest BCUT2D eigenvalue weighted by Gasteiger charge is -2.45. The molecule has 0 radical (unpaired) electrons. The van der Waals surface area contributed by atoms with E-state index in [-0.39, 0.29) is 24.8 Å². The normalized spacial score (nSPS) is 20.9. The molecule has 1 aromatic heterocycles. The van der Waals surface area contributed by atoms with Gasteiger partial charge in [0.05, 0.1) is 0 Å². The van der Waals surface area contributed by atoms with Crippen molar-refractivity contribution in [3.63, 3.8) is 0 Å². The van der Waals surface area contributed by atoms with Crippen LogP contribution in [-0.2, 0) is 0 Å². The van der Waals surface area contributed by atoms with E-state index < -0.39 is 0 Å². The van der Waals surface area contributed by atoms with Gasteiger partial charge in [0.15, 0.2) is 0 Å². The molecule has 3 rings (SSSR count). The number of piperidine rings is 1. The van der Waals surface area contributed by atoms with Crippen molar-refractivity contribution in [1.29, 1.82) is 0 Å². The molecule has 2 aliphatic rings. The third kappa shape index (κ3) is 4.13. The molecule has 2 aliphatic heterocycles. The highest BCUT2D eigenvalue weighted by atomic mass is 35.5. The summed E-state index contributed by atoms with van der Waals surface area (Å²) >= 11 is 0. The first kappa shape index (κ1) is 21.4. The van der Waals surface area contributed by atoms with Gasteiger partial charge in [0.2, 0.25) is 0 Å². The van der Waals surface area contributed by atoms with Crippen molar-refractivity contribution in [2.24, 2.45) is 0 Å². The first-order valence-electron chi connectivity index (χ1n) is 8.51. The summed E-state index contributed by atoms with van der Waals surface area (Å²) < 4.78 is 0. The minimum absolute atomic E-state index is 0. The minimum atomic E-state index is 0. The Morgan fingerprint density at radius 2 is 1.67 bits per heavy atom. The highest BCUT2D eigenvalue weighted by Crippen LogP contribution is 2.32. The molecule has 2 fully saturated rings. The van der Waals surface area contributed by atoms with Gasteiger partial charge in [0.1, 0.15) is 11.6 Å². The lowest BCUT2D eigenvalue weighted by molar-refractivity contribution is 0.0979. The van der Waals surface area contributed by atoms with Gasteiger partial charge in [-0.25, -0.2) is 9.97 Å². The van der Waals surface area contributed by atoms with E-state index >= 15 is 0 Å². The third-order valence-corrected chi connectivity index (χ3v) is 5.53. The summed E-state index contributed by atoms with van der Waals surface area (Å²) in [5.41, 5.74) is 2.64. The van der Waals surface area contributed by atoms with Gasteiger partial charge in [-0.2, -0.15) is 0 Å². The molecule has 1 aromatic rings. The smallest absolute Gasteiger partial charge is 0.135 e. The van der Waals surface area contributed by atoms with Gasteiger partial charge in [-0.3, -0.25) is 4.90 Å². The van der Waals surface area contributed by atoms with Crippen LogP contribution in [0.3, 0.4) is 0 Å². The number of anilines is 1. The van der Waals surface area contributed by atoms with Gasteiger partial charge in [-0.15, -0.1) is 24.8 Å². The molecule has 0 unspecified atom stereocenters. The van der Waals surface area contributed by atoms with Crippen molar-refractivity contribution in [2.45, 2.75) is 45.6 Å². The molecule has 0 amide bonds. The van der Waals surface area contributed by atoms with E-state index in [0.29, 0.717) is 5.54 Å². The Bertz CT molecular complexity index is 546. The Hall–Kier alpha value is -0.620. The van der Waals surface area contributed by atoms with Gasteiger partial charge < -0.3 is 10.2 Å². The average molecular weight is 376 g/mol. The van der Waals surface area contributed by atoms with Crippen LogP contribution in [0, 0.1) is 20.8 Å². The number of hydrogen-bond donors (Lipinski definition) is 1. The first-order chi connectivity index (χ1) is 10.5. The molecule has 1 spiro atoms. The summed E-state index contributed by atoms with van der Waals surface area (Å²) in [5.74, 6) is 2.04. The van der Waals surface area contributed by atoms with Crippen LogP contribution < -0.4 is 10.2 Å². The van der Waals surface area contributed by atoms with Crippen LogP contribution in [0.25, 0.3) is 0 Å².